The molecule has 0 atom stereocenters. The molecule has 1 aliphatic heterocycles. The number of anilines is 2. The van der Waals surface area contributed by atoms with Crippen LogP contribution in [0.1, 0.15) is 0 Å². The fourth-order valence-corrected chi connectivity index (χ4v) is 2.06. The Kier molecular flexibility index (Phi) is 3.19. The van der Waals surface area contributed by atoms with Gasteiger partial charge in [-0.15, -0.1) is 0 Å². The van der Waals surface area contributed by atoms with E-state index in [9.17, 15) is 0 Å². The van der Waals surface area contributed by atoms with Crippen molar-refractivity contribution in [2.24, 2.45) is 0 Å². The Balaban J connectivity index is 2.23. The lowest BCUT2D eigenvalue weighted by atomic mass is 10.2. The number of benzene rings is 1. The van der Waals surface area contributed by atoms with Crippen molar-refractivity contribution < 1.29 is 4.74 Å². The minimum atomic E-state index is 0.707. The lowest BCUT2D eigenvalue weighted by molar-refractivity contribution is 0.311. The van der Waals surface area contributed by atoms with Crippen molar-refractivity contribution in [2.75, 3.05) is 51.0 Å². The molecule has 88 valence electrons. The normalized spacial score (nSPS) is 17.5. The fourth-order valence-electron chi connectivity index (χ4n) is 2.06. The Morgan fingerprint density at radius 1 is 1.19 bits per heavy atom. The van der Waals surface area contributed by atoms with Crippen LogP contribution in [0.25, 0.3) is 0 Å². The minimum Gasteiger partial charge on any atom is -0.492 e. The van der Waals surface area contributed by atoms with Crippen LogP contribution in [0.5, 0.6) is 5.75 Å². The number of methoxy groups -OCH3 is 1. The molecule has 0 radical (unpaired) electrons. The Morgan fingerprint density at radius 3 is 2.50 bits per heavy atom. The predicted molar refractivity (Wildman–Crippen MR) is 67.1 cm³/mol. The first kappa shape index (κ1) is 11.1. The van der Waals surface area contributed by atoms with Crippen molar-refractivity contribution in [3.8, 4) is 5.75 Å². The molecule has 16 heavy (non-hydrogen) atoms. The topological polar surface area (TPSA) is 41.7 Å². The van der Waals surface area contributed by atoms with E-state index in [1.165, 1.54) is 0 Å². The van der Waals surface area contributed by atoms with Gasteiger partial charge in [0.05, 0.1) is 18.5 Å². The van der Waals surface area contributed by atoms with Gasteiger partial charge in [-0.25, -0.2) is 0 Å². The molecule has 0 aliphatic carbocycles. The highest BCUT2D eigenvalue weighted by molar-refractivity contribution is 5.70. The zero-order valence-corrected chi connectivity index (χ0v) is 9.94. The van der Waals surface area contributed by atoms with Gasteiger partial charge in [-0.3, -0.25) is 0 Å². The zero-order chi connectivity index (χ0) is 11.5. The summed E-state index contributed by atoms with van der Waals surface area (Å²) in [4.78, 5) is 4.66. The highest BCUT2D eigenvalue weighted by atomic mass is 16.5. The van der Waals surface area contributed by atoms with Gasteiger partial charge in [0.15, 0.2) is 5.75 Å². The summed E-state index contributed by atoms with van der Waals surface area (Å²) < 4.78 is 5.38. The van der Waals surface area contributed by atoms with Gasteiger partial charge in [0.1, 0.15) is 0 Å². The van der Waals surface area contributed by atoms with Crippen LogP contribution in [0.2, 0.25) is 0 Å². The minimum absolute atomic E-state index is 0.707. The van der Waals surface area contributed by atoms with Gasteiger partial charge in [0.2, 0.25) is 0 Å². The van der Waals surface area contributed by atoms with Crippen LogP contribution in [0, 0.1) is 0 Å². The summed E-state index contributed by atoms with van der Waals surface area (Å²) in [5.41, 5.74) is 7.72. The maximum absolute atomic E-state index is 5.90. The van der Waals surface area contributed by atoms with Crippen LogP contribution in [0.3, 0.4) is 0 Å². The van der Waals surface area contributed by atoms with Crippen molar-refractivity contribution in [3.05, 3.63) is 18.2 Å². The maximum atomic E-state index is 5.90. The van der Waals surface area contributed by atoms with Gasteiger partial charge < -0.3 is 20.3 Å². The number of hydrogen-bond donors (Lipinski definition) is 1. The molecule has 1 saturated heterocycles. The number of para-hydroxylation sites is 1. The summed E-state index contributed by atoms with van der Waals surface area (Å²) in [6.07, 6.45) is 0. The number of rotatable bonds is 2. The van der Waals surface area contributed by atoms with Crippen LogP contribution >= 0.6 is 0 Å². The number of hydrogen-bond acceptors (Lipinski definition) is 4. The second kappa shape index (κ2) is 4.61. The van der Waals surface area contributed by atoms with Crippen molar-refractivity contribution in [2.45, 2.75) is 0 Å². The van der Waals surface area contributed by atoms with E-state index in [-0.39, 0.29) is 0 Å². The molecule has 1 fully saturated rings. The standard InChI is InChI=1S/C12H19N3O/c1-14-6-8-15(9-7-14)11-5-3-4-10(13)12(11)16-2/h3-5H,6-9,13H2,1-2H3. The predicted octanol–water partition coefficient (Wildman–Crippen LogP) is 1.03. The summed E-state index contributed by atoms with van der Waals surface area (Å²) in [5.74, 6) is 0.798. The van der Waals surface area contributed by atoms with E-state index in [4.69, 9.17) is 10.5 Å². The molecule has 2 N–H and O–H groups in total. The van der Waals surface area contributed by atoms with E-state index in [0.717, 1.165) is 37.6 Å². The molecular weight excluding hydrogens is 202 g/mol. The summed E-state index contributed by atoms with van der Waals surface area (Å²) in [6.45, 7) is 4.21. The van der Waals surface area contributed by atoms with Gasteiger partial charge in [0, 0.05) is 26.2 Å². The molecule has 0 bridgehead atoms. The van der Waals surface area contributed by atoms with E-state index in [2.05, 4.69) is 22.9 Å². The van der Waals surface area contributed by atoms with Gasteiger partial charge in [-0.1, -0.05) is 6.07 Å². The smallest absolute Gasteiger partial charge is 0.165 e. The van der Waals surface area contributed by atoms with E-state index in [1.54, 1.807) is 7.11 Å². The summed E-state index contributed by atoms with van der Waals surface area (Å²) in [7, 11) is 3.82. The van der Waals surface area contributed by atoms with Crippen LogP contribution in [0.4, 0.5) is 11.4 Å². The van der Waals surface area contributed by atoms with Crippen LogP contribution < -0.4 is 15.4 Å². The van der Waals surface area contributed by atoms with Crippen molar-refractivity contribution in [1.29, 1.82) is 0 Å². The zero-order valence-electron chi connectivity index (χ0n) is 9.94. The molecule has 0 spiro atoms. The fraction of sp³-hybridized carbons (Fsp3) is 0.500. The summed E-state index contributed by atoms with van der Waals surface area (Å²) >= 11 is 0. The number of piperazine rings is 1. The van der Waals surface area contributed by atoms with E-state index < -0.39 is 0 Å². The second-order valence-corrected chi connectivity index (χ2v) is 4.19. The lowest BCUT2D eigenvalue weighted by Gasteiger charge is -2.34. The third-order valence-electron chi connectivity index (χ3n) is 3.07. The third-order valence-corrected chi connectivity index (χ3v) is 3.07. The monoisotopic (exact) mass is 221 g/mol. The van der Waals surface area contributed by atoms with Gasteiger partial charge >= 0.3 is 0 Å². The molecule has 2 rings (SSSR count). The van der Waals surface area contributed by atoms with Crippen molar-refractivity contribution in [3.63, 3.8) is 0 Å². The Bertz CT molecular complexity index is 359. The van der Waals surface area contributed by atoms with E-state index in [1.807, 2.05) is 12.1 Å². The molecule has 4 nitrogen and oxygen atoms in total. The Hall–Kier alpha value is -1.42. The molecule has 1 aromatic carbocycles. The molecule has 0 amide bonds. The van der Waals surface area contributed by atoms with Crippen LogP contribution in [0.15, 0.2) is 18.2 Å². The van der Waals surface area contributed by atoms with E-state index in [0.29, 0.717) is 5.69 Å². The molecule has 0 aromatic heterocycles. The van der Waals surface area contributed by atoms with Gasteiger partial charge in [0.25, 0.3) is 0 Å². The third kappa shape index (κ3) is 2.07. The molecule has 1 aromatic rings. The second-order valence-electron chi connectivity index (χ2n) is 4.19. The number of nitrogen functional groups attached to an aromatic ring is 1. The highest BCUT2D eigenvalue weighted by Gasteiger charge is 2.18. The summed E-state index contributed by atoms with van der Waals surface area (Å²) in [5, 5.41) is 0. The number of nitrogens with two attached hydrogens (primary N) is 1. The molecule has 1 aliphatic rings. The maximum Gasteiger partial charge on any atom is 0.165 e. The largest absolute Gasteiger partial charge is 0.492 e. The molecule has 0 unspecified atom stereocenters. The SMILES string of the molecule is COc1c(N)cccc1N1CCN(C)CC1. The van der Waals surface area contributed by atoms with Crippen LogP contribution in [-0.2, 0) is 0 Å². The Labute approximate surface area is 96.6 Å². The molecular formula is C12H19N3O. The number of likely N-dealkylation sites (N-methyl/N-ethyl adjacent to an activating group) is 1. The average molecular weight is 221 g/mol. The van der Waals surface area contributed by atoms with E-state index >= 15 is 0 Å². The first-order valence-corrected chi connectivity index (χ1v) is 5.58. The number of ether oxygens (including phenoxy) is 1. The van der Waals surface area contributed by atoms with Crippen molar-refractivity contribution >= 4 is 11.4 Å². The average Bonchev–Trinajstić information content (AvgIpc) is 2.30. The lowest BCUT2D eigenvalue weighted by Crippen LogP contribution is -2.44. The molecule has 1 heterocycles. The molecule has 4 heteroatoms. The summed E-state index contributed by atoms with van der Waals surface area (Å²) in [6, 6.07) is 5.92. The van der Waals surface area contributed by atoms with Gasteiger partial charge in [-0.2, -0.15) is 0 Å². The van der Waals surface area contributed by atoms with Crippen molar-refractivity contribution in [1.82, 2.24) is 4.90 Å². The quantitative estimate of drug-likeness (QED) is 0.757. The van der Waals surface area contributed by atoms with Gasteiger partial charge in [-0.05, 0) is 19.2 Å². The van der Waals surface area contributed by atoms with Crippen LogP contribution in [-0.4, -0.2) is 45.2 Å². The first-order chi connectivity index (χ1) is 7.72. The first-order valence-electron chi connectivity index (χ1n) is 5.58. The highest BCUT2D eigenvalue weighted by Crippen LogP contribution is 2.33. The molecule has 0 saturated carbocycles. The Morgan fingerprint density at radius 2 is 1.88 bits per heavy atom. The number of nitrogens with zero attached hydrogens (tertiary/aromatic N) is 2.